The van der Waals surface area contributed by atoms with Gasteiger partial charge in [-0.1, -0.05) is 12.1 Å². The molecule has 166 valence electrons. The molecule has 11 heteroatoms. The number of anilines is 1. The summed E-state index contributed by atoms with van der Waals surface area (Å²) in [4.78, 5) is 55.4. The van der Waals surface area contributed by atoms with Gasteiger partial charge < -0.3 is 35.6 Å². The number of carboxylic acids is 1. The molecule has 1 aromatic carbocycles. The first-order chi connectivity index (χ1) is 14.7. The number of aliphatic carboxylic acids is 1. The molecule has 1 aliphatic heterocycles. The lowest BCUT2D eigenvalue weighted by Gasteiger charge is -2.31. The smallest absolute Gasteiger partial charge is 0.323 e. The number of carbonyl (C=O) groups excluding carboxylic acids is 3. The van der Waals surface area contributed by atoms with E-state index in [-0.39, 0.29) is 11.3 Å². The van der Waals surface area contributed by atoms with Crippen molar-refractivity contribution < 1.29 is 29.4 Å². The minimum absolute atomic E-state index is 0.175. The number of likely N-dealkylation sites (N-methyl/N-ethyl adjacent to an activating group) is 2. The third-order valence-corrected chi connectivity index (χ3v) is 5.36. The number of hydrogen-bond donors (Lipinski definition) is 5. The van der Waals surface area contributed by atoms with Gasteiger partial charge in [-0.3, -0.25) is 19.2 Å². The largest absolute Gasteiger partial charge is 0.480 e. The highest BCUT2D eigenvalue weighted by molar-refractivity contribution is 6.45. The minimum atomic E-state index is -1.84. The van der Waals surface area contributed by atoms with E-state index in [4.69, 9.17) is 5.11 Å². The predicted molar refractivity (Wildman–Crippen MR) is 112 cm³/mol. The Kier molecular flexibility index (Phi) is 6.68. The lowest BCUT2D eigenvalue weighted by atomic mass is 10.1. The average molecular weight is 431 g/mol. The zero-order valence-electron chi connectivity index (χ0n) is 17.2. The molecule has 2 atom stereocenters. The van der Waals surface area contributed by atoms with Gasteiger partial charge in [-0.15, -0.1) is 0 Å². The zero-order valence-corrected chi connectivity index (χ0v) is 17.2. The van der Waals surface area contributed by atoms with Crippen molar-refractivity contribution >= 4 is 40.2 Å². The number of nitrogens with one attached hydrogen (secondary N) is 3. The topological polar surface area (TPSA) is 155 Å². The summed E-state index contributed by atoms with van der Waals surface area (Å²) in [6.07, 6.45) is -0.437. The number of aliphatic hydroxyl groups is 1. The normalized spacial score (nSPS) is 16.7. The number of nitrogens with zero attached hydrogens (tertiary/aromatic N) is 2. The molecule has 2 aromatic rings. The van der Waals surface area contributed by atoms with Gasteiger partial charge in [0.2, 0.25) is 0 Å². The second-order valence-electron chi connectivity index (χ2n) is 7.39. The van der Waals surface area contributed by atoms with Crippen molar-refractivity contribution in [2.24, 2.45) is 0 Å². The Hall–Kier alpha value is -3.28. The highest BCUT2D eigenvalue weighted by Crippen LogP contribution is 2.26. The summed E-state index contributed by atoms with van der Waals surface area (Å²) >= 11 is 0. The van der Waals surface area contributed by atoms with Crippen LogP contribution in [0.1, 0.15) is 10.4 Å². The van der Waals surface area contributed by atoms with Crippen molar-refractivity contribution in [2.45, 2.75) is 12.1 Å². The summed E-state index contributed by atoms with van der Waals surface area (Å²) in [7, 11) is 3.27. The molecule has 31 heavy (non-hydrogen) atoms. The molecule has 5 N–H and O–H groups in total. The van der Waals surface area contributed by atoms with Crippen molar-refractivity contribution in [1.29, 1.82) is 0 Å². The molecule has 0 radical (unpaired) electrons. The van der Waals surface area contributed by atoms with Crippen LogP contribution in [0.25, 0.3) is 10.9 Å². The van der Waals surface area contributed by atoms with E-state index >= 15 is 0 Å². The second kappa shape index (κ2) is 9.25. The Morgan fingerprint density at radius 3 is 2.42 bits per heavy atom. The van der Waals surface area contributed by atoms with Crippen LogP contribution >= 0.6 is 0 Å². The molecule has 2 unspecified atom stereocenters. The van der Waals surface area contributed by atoms with Gasteiger partial charge in [0.1, 0.15) is 6.04 Å². The lowest BCUT2D eigenvalue weighted by molar-refractivity contribution is -0.145. The Morgan fingerprint density at radius 1 is 1.13 bits per heavy atom. The number of carbonyl (C=O) groups is 4. The van der Waals surface area contributed by atoms with Crippen LogP contribution in [0.15, 0.2) is 24.4 Å². The van der Waals surface area contributed by atoms with Crippen molar-refractivity contribution in [3.8, 4) is 0 Å². The SMILES string of the molecule is CNC(C(=O)O)C(O)C(=O)Nc1cccc2c(C(=O)C(=O)N3CCN(C)CC3)c[nH]c12. The third-order valence-electron chi connectivity index (χ3n) is 5.36. The summed E-state index contributed by atoms with van der Waals surface area (Å²) in [5.41, 5.74) is 0.802. The summed E-state index contributed by atoms with van der Waals surface area (Å²) < 4.78 is 0. The standard InChI is InChI=1S/C20H25N5O6/c1-21-15(20(30)31)17(27)18(28)23-13-5-3-4-11-12(10-22-14(11)13)16(26)19(29)25-8-6-24(2)7-9-25/h3-5,10,15,17,21-22,27H,6-9H2,1-2H3,(H,23,28)(H,30,31). The molecule has 1 fully saturated rings. The van der Waals surface area contributed by atoms with Gasteiger partial charge >= 0.3 is 5.97 Å². The van der Waals surface area contributed by atoms with E-state index in [1.165, 1.54) is 24.2 Å². The van der Waals surface area contributed by atoms with Gasteiger partial charge in [-0.2, -0.15) is 0 Å². The molecule has 0 spiro atoms. The van der Waals surface area contributed by atoms with E-state index in [9.17, 15) is 24.3 Å². The molecule has 0 saturated carbocycles. The van der Waals surface area contributed by atoms with Gasteiger partial charge in [0.25, 0.3) is 17.6 Å². The number of fused-ring (bicyclic) bond motifs is 1. The monoisotopic (exact) mass is 431 g/mol. The zero-order chi connectivity index (χ0) is 22.7. The van der Waals surface area contributed by atoms with Crippen LogP contribution < -0.4 is 10.6 Å². The van der Waals surface area contributed by atoms with E-state index in [2.05, 4.69) is 20.5 Å². The van der Waals surface area contributed by atoms with Crippen molar-refractivity contribution in [2.75, 3.05) is 45.6 Å². The first kappa shape index (κ1) is 22.4. The predicted octanol–water partition coefficient (Wildman–Crippen LogP) is -0.903. The van der Waals surface area contributed by atoms with Crippen LogP contribution in [0.4, 0.5) is 5.69 Å². The molecule has 3 rings (SSSR count). The molecular weight excluding hydrogens is 406 g/mol. The van der Waals surface area contributed by atoms with Crippen LogP contribution in [-0.2, 0) is 14.4 Å². The highest BCUT2D eigenvalue weighted by Gasteiger charge is 2.32. The van der Waals surface area contributed by atoms with Gasteiger partial charge in [-0.25, -0.2) is 0 Å². The third kappa shape index (κ3) is 4.58. The number of hydrogen-bond acceptors (Lipinski definition) is 7. The maximum absolute atomic E-state index is 12.8. The molecule has 1 aromatic heterocycles. The van der Waals surface area contributed by atoms with E-state index in [1.807, 2.05) is 7.05 Å². The Bertz CT molecular complexity index is 1010. The fourth-order valence-corrected chi connectivity index (χ4v) is 3.49. The molecule has 0 aliphatic carbocycles. The molecule has 0 bridgehead atoms. The van der Waals surface area contributed by atoms with Gasteiger partial charge in [0, 0.05) is 37.8 Å². The number of aromatic amines is 1. The molecule has 1 aliphatic rings. The number of carboxylic acid groups (broad SMARTS) is 1. The summed E-state index contributed by atoms with van der Waals surface area (Å²) in [5, 5.41) is 24.4. The van der Waals surface area contributed by atoms with Crippen LogP contribution in [0.3, 0.4) is 0 Å². The number of Topliss-reactive ketones (excluding diaryl/α,β-unsaturated/α-hetero) is 1. The number of amides is 2. The molecule has 1 saturated heterocycles. The van der Waals surface area contributed by atoms with Crippen LogP contribution in [-0.4, -0.2) is 101 Å². The van der Waals surface area contributed by atoms with Crippen molar-refractivity contribution in [3.05, 3.63) is 30.0 Å². The molecular formula is C20H25N5O6. The van der Waals surface area contributed by atoms with Gasteiger partial charge in [0.15, 0.2) is 6.10 Å². The van der Waals surface area contributed by atoms with Crippen LogP contribution in [0.2, 0.25) is 0 Å². The van der Waals surface area contributed by atoms with Crippen LogP contribution in [0, 0.1) is 0 Å². The number of benzene rings is 1. The summed E-state index contributed by atoms with van der Waals surface area (Å²) in [5.74, 6) is -3.54. The number of piperazine rings is 1. The number of para-hydroxylation sites is 1. The summed E-state index contributed by atoms with van der Waals surface area (Å²) in [6.45, 7) is 2.32. The number of H-pyrrole nitrogens is 1. The van der Waals surface area contributed by atoms with E-state index in [0.717, 1.165) is 0 Å². The minimum Gasteiger partial charge on any atom is -0.480 e. The lowest BCUT2D eigenvalue weighted by Crippen LogP contribution is -2.50. The number of aromatic nitrogens is 1. The maximum Gasteiger partial charge on any atom is 0.323 e. The first-order valence-electron chi connectivity index (χ1n) is 9.75. The Balaban J connectivity index is 1.81. The second-order valence-corrected chi connectivity index (χ2v) is 7.39. The Labute approximate surface area is 178 Å². The van der Waals surface area contributed by atoms with Gasteiger partial charge in [-0.05, 0) is 20.2 Å². The van der Waals surface area contributed by atoms with E-state index < -0.39 is 35.7 Å². The Morgan fingerprint density at radius 2 is 1.81 bits per heavy atom. The van der Waals surface area contributed by atoms with Gasteiger partial charge in [0.05, 0.1) is 16.8 Å². The van der Waals surface area contributed by atoms with Crippen LogP contribution in [0.5, 0.6) is 0 Å². The average Bonchev–Trinajstić information content (AvgIpc) is 3.18. The molecule has 2 heterocycles. The fraction of sp³-hybridized carbons (Fsp3) is 0.400. The summed E-state index contributed by atoms with van der Waals surface area (Å²) in [6, 6.07) is 3.27. The highest BCUT2D eigenvalue weighted by atomic mass is 16.4. The molecule has 11 nitrogen and oxygen atoms in total. The van der Waals surface area contributed by atoms with Crippen molar-refractivity contribution in [1.82, 2.24) is 20.1 Å². The van der Waals surface area contributed by atoms with E-state index in [1.54, 1.807) is 12.1 Å². The fourth-order valence-electron chi connectivity index (χ4n) is 3.49. The number of aliphatic hydroxyl groups excluding tert-OH is 1. The number of rotatable bonds is 7. The quantitative estimate of drug-likeness (QED) is 0.279. The van der Waals surface area contributed by atoms with E-state index in [0.29, 0.717) is 37.1 Å². The first-order valence-corrected chi connectivity index (χ1v) is 9.75. The van der Waals surface area contributed by atoms with Crippen molar-refractivity contribution in [3.63, 3.8) is 0 Å². The maximum atomic E-state index is 12.8. The number of ketones is 1. The molecule has 2 amide bonds.